The number of carboxylic acid groups (broad SMARTS) is 1. The number of hydrogen-bond acceptors (Lipinski definition) is 2. The van der Waals surface area contributed by atoms with Crippen molar-refractivity contribution in [2.24, 2.45) is 5.92 Å². The summed E-state index contributed by atoms with van der Waals surface area (Å²) in [6.07, 6.45) is 0.929. The van der Waals surface area contributed by atoms with Crippen molar-refractivity contribution < 1.29 is 9.90 Å². The zero-order valence-electron chi connectivity index (χ0n) is 15.6. The minimum atomic E-state index is -0.840. The van der Waals surface area contributed by atoms with Gasteiger partial charge in [-0.3, -0.25) is 4.79 Å². The molecule has 0 aliphatic carbocycles. The Bertz CT molecular complexity index is 671. The Kier molecular flexibility index (Phi) is 6.38. The summed E-state index contributed by atoms with van der Waals surface area (Å²) in [6.45, 7) is 9.44. The van der Waals surface area contributed by atoms with Crippen LogP contribution >= 0.6 is 0 Å². The van der Waals surface area contributed by atoms with Crippen LogP contribution in [0.3, 0.4) is 0 Å². The molecule has 0 spiro atoms. The summed E-state index contributed by atoms with van der Waals surface area (Å²) in [4.78, 5) is 11.5. The lowest BCUT2D eigenvalue weighted by Crippen LogP contribution is -2.32. The molecule has 2 aromatic rings. The molecule has 2 N–H and O–H groups in total. The van der Waals surface area contributed by atoms with E-state index >= 15 is 0 Å². The van der Waals surface area contributed by atoms with Crippen molar-refractivity contribution in [1.82, 2.24) is 5.32 Å². The highest BCUT2D eigenvalue weighted by Gasteiger charge is 2.19. The van der Waals surface area contributed by atoms with E-state index in [-0.39, 0.29) is 5.41 Å². The summed E-state index contributed by atoms with van der Waals surface area (Å²) in [5.41, 5.74) is 3.57. The highest BCUT2D eigenvalue weighted by atomic mass is 16.4. The number of rotatable bonds is 7. The molecule has 3 heteroatoms. The first kappa shape index (κ1) is 19.2. The molecule has 2 rings (SSSR count). The smallest absolute Gasteiger partial charge is 0.325 e. The second-order valence-corrected chi connectivity index (χ2v) is 7.85. The van der Waals surface area contributed by atoms with E-state index in [0.29, 0.717) is 12.5 Å². The first-order valence-corrected chi connectivity index (χ1v) is 8.88. The van der Waals surface area contributed by atoms with Crippen LogP contribution in [0.15, 0.2) is 54.6 Å². The first-order valence-electron chi connectivity index (χ1n) is 8.88. The molecule has 0 amide bonds. The fourth-order valence-corrected chi connectivity index (χ4v) is 2.93. The average Bonchev–Trinajstić information content (AvgIpc) is 2.55. The van der Waals surface area contributed by atoms with Gasteiger partial charge in [-0.25, -0.2) is 0 Å². The van der Waals surface area contributed by atoms with Gasteiger partial charge in [-0.05, 0) is 41.0 Å². The van der Waals surface area contributed by atoms with E-state index in [0.717, 1.165) is 12.0 Å². The molecule has 0 aliphatic heterocycles. The van der Waals surface area contributed by atoms with Gasteiger partial charge in [0.1, 0.15) is 6.04 Å². The number of hydrogen-bond donors (Lipinski definition) is 2. The average molecular weight is 339 g/mol. The van der Waals surface area contributed by atoms with Gasteiger partial charge in [-0.1, -0.05) is 82.3 Å². The second kappa shape index (κ2) is 8.30. The molecule has 25 heavy (non-hydrogen) atoms. The van der Waals surface area contributed by atoms with Crippen LogP contribution in [0.5, 0.6) is 0 Å². The monoisotopic (exact) mass is 339 g/mol. The van der Waals surface area contributed by atoms with Gasteiger partial charge >= 0.3 is 5.97 Å². The molecular formula is C22H29NO2. The Hall–Kier alpha value is -2.13. The van der Waals surface area contributed by atoms with E-state index in [2.05, 4.69) is 57.3 Å². The second-order valence-electron chi connectivity index (χ2n) is 7.85. The molecule has 0 heterocycles. The standard InChI is InChI=1S/C22H29NO2/c1-16(14-17-10-12-19(13-11-17)22(2,3)4)15-23-20(21(24)25)18-8-6-5-7-9-18/h5-13,16,20,23H,14-15H2,1-4H3,(H,24,25)/t16?,20-/m0/s1. The molecule has 0 fully saturated rings. The summed E-state index contributed by atoms with van der Waals surface area (Å²) >= 11 is 0. The minimum absolute atomic E-state index is 0.163. The molecule has 0 aliphatic rings. The Balaban J connectivity index is 1.93. The summed E-state index contributed by atoms with van der Waals surface area (Å²) in [5, 5.41) is 12.7. The Morgan fingerprint density at radius 3 is 2.16 bits per heavy atom. The molecule has 0 bridgehead atoms. The minimum Gasteiger partial charge on any atom is -0.480 e. The van der Waals surface area contributed by atoms with E-state index in [1.54, 1.807) is 0 Å². The van der Waals surface area contributed by atoms with Gasteiger partial charge in [0.15, 0.2) is 0 Å². The highest BCUT2D eigenvalue weighted by Crippen LogP contribution is 2.23. The Morgan fingerprint density at radius 1 is 1.04 bits per heavy atom. The van der Waals surface area contributed by atoms with Gasteiger partial charge in [0.2, 0.25) is 0 Å². The Morgan fingerprint density at radius 2 is 1.64 bits per heavy atom. The third-order valence-corrected chi connectivity index (χ3v) is 4.45. The van der Waals surface area contributed by atoms with Crippen LogP contribution < -0.4 is 5.32 Å². The van der Waals surface area contributed by atoms with Crippen LogP contribution in [-0.2, 0) is 16.6 Å². The normalized spacial score (nSPS) is 14.1. The molecular weight excluding hydrogens is 310 g/mol. The quantitative estimate of drug-likeness (QED) is 0.776. The highest BCUT2D eigenvalue weighted by molar-refractivity contribution is 5.75. The zero-order chi connectivity index (χ0) is 18.4. The number of carboxylic acids is 1. The molecule has 0 saturated carbocycles. The van der Waals surface area contributed by atoms with Crippen LogP contribution in [0, 0.1) is 5.92 Å². The molecule has 3 nitrogen and oxygen atoms in total. The maximum absolute atomic E-state index is 11.5. The number of aliphatic carboxylic acids is 1. The van der Waals surface area contributed by atoms with E-state index in [1.807, 2.05) is 30.3 Å². The predicted molar refractivity (Wildman–Crippen MR) is 103 cm³/mol. The van der Waals surface area contributed by atoms with Gasteiger partial charge in [0, 0.05) is 0 Å². The molecule has 134 valence electrons. The van der Waals surface area contributed by atoms with E-state index in [1.165, 1.54) is 11.1 Å². The topological polar surface area (TPSA) is 49.3 Å². The van der Waals surface area contributed by atoms with Crippen LogP contribution in [-0.4, -0.2) is 17.6 Å². The molecule has 0 aromatic heterocycles. The lowest BCUT2D eigenvalue weighted by atomic mass is 9.86. The number of nitrogens with one attached hydrogen (secondary N) is 1. The third kappa shape index (κ3) is 5.71. The van der Waals surface area contributed by atoms with Crippen molar-refractivity contribution in [2.75, 3.05) is 6.54 Å². The largest absolute Gasteiger partial charge is 0.480 e. The molecule has 2 aromatic carbocycles. The summed E-state index contributed by atoms with van der Waals surface area (Å²) in [7, 11) is 0. The van der Waals surface area contributed by atoms with Crippen LogP contribution in [0.1, 0.15) is 50.4 Å². The zero-order valence-corrected chi connectivity index (χ0v) is 15.6. The fourth-order valence-electron chi connectivity index (χ4n) is 2.93. The van der Waals surface area contributed by atoms with Crippen molar-refractivity contribution in [3.63, 3.8) is 0 Å². The molecule has 2 atom stereocenters. The van der Waals surface area contributed by atoms with Crippen molar-refractivity contribution in [3.05, 3.63) is 71.3 Å². The van der Waals surface area contributed by atoms with E-state index in [4.69, 9.17) is 0 Å². The van der Waals surface area contributed by atoms with Crippen LogP contribution in [0.4, 0.5) is 0 Å². The lowest BCUT2D eigenvalue weighted by molar-refractivity contribution is -0.139. The van der Waals surface area contributed by atoms with Gasteiger partial charge < -0.3 is 10.4 Å². The maximum Gasteiger partial charge on any atom is 0.325 e. The van der Waals surface area contributed by atoms with Gasteiger partial charge in [0.25, 0.3) is 0 Å². The van der Waals surface area contributed by atoms with E-state index in [9.17, 15) is 9.90 Å². The summed E-state index contributed by atoms with van der Waals surface area (Å²) < 4.78 is 0. The third-order valence-electron chi connectivity index (χ3n) is 4.45. The van der Waals surface area contributed by atoms with Crippen LogP contribution in [0.2, 0.25) is 0 Å². The summed E-state index contributed by atoms with van der Waals surface area (Å²) in [6, 6.07) is 17.4. The van der Waals surface area contributed by atoms with Gasteiger partial charge in [-0.15, -0.1) is 0 Å². The van der Waals surface area contributed by atoms with Crippen molar-refractivity contribution in [3.8, 4) is 0 Å². The van der Waals surface area contributed by atoms with E-state index < -0.39 is 12.0 Å². The van der Waals surface area contributed by atoms with Crippen LogP contribution in [0.25, 0.3) is 0 Å². The lowest BCUT2D eigenvalue weighted by Gasteiger charge is -2.20. The van der Waals surface area contributed by atoms with Gasteiger partial charge in [0.05, 0.1) is 0 Å². The number of carbonyl (C=O) groups is 1. The van der Waals surface area contributed by atoms with Crippen molar-refractivity contribution >= 4 is 5.97 Å². The molecule has 1 unspecified atom stereocenters. The molecule has 0 saturated heterocycles. The fraction of sp³-hybridized carbons (Fsp3) is 0.409. The summed E-state index contributed by atoms with van der Waals surface area (Å²) in [5.74, 6) is -0.487. The predicted octanol–water partition coefficient (Wildman–Crippen LogP) is 4.58. The Labute approximate surface area is 151 Å². The van der Waals surface area contributed by atoms with Crippen molar-refractivity contribution in [1.29, 1.82) is 0 Å². The SMILES string of the molecule is CC(CN[C@H](C(=O)O)c1ccccc1)Cc1ccc(C(C)(C)C)cc1. The van der Waals surface area contributed by atoms with Crippen molar-refractivity contribution in [2.45, 2.75) is 45.6 Å². The maximum atomic E-state index is 11.5. The first-order chi connectivity index (χ1) is 11.8. The van der Waals surface area contributed by atoms with Gasteiger partial charge in [-0.2, -0.15) is 0 Å². The molecule has 0 radical (unpaired) electrons. The number of benzene rings is 2.